The number of fused-ring (bicyclic) bond motifs is 10. The Morgan fingerprint density at radius 3 is 1.28 bits per heavy atom. The predicted molar refractivity (Wildman–Crippen MR) is 428 cm³/mol. The van der Waals surface area contributed by atoms with Crippen LogP contribution in [0.3, 0.4) is 0 Å². The number of nitrogens with zero attached hydrogens (tertiary/aromatic N) is 5. The molecule has 2 unspecified atom stereocenters. The van der Waals surface area contributed by atoms with Crippen molar-refractivity contribution in [3.63, 3.8) is 0 Å². The Morgan fingerprint density at radius 2 is 0.872 bits per heavy atom. The van der Waals surface area contributed by atoms with E-state index in [0.29, 0.717) is 28.3 Å². The fraction of sp³-hybridized carbons (Fsp3) is 0.295. The van der Waals surface area contributed by atoms with Crippen molar-refractivity contribution in [2.75, 3.05) is 33.3 Å². The smallest absolute Gasteiger partial charge is 0.363 e. The van der Waals surface area contributed by atoms with Gasteiger partial charge in [0.1, 0.15) is 0 Å². The van der Waals surface area contributed by atoms with Crippen molar-refractivity contribution in [1.82, 2.24) is 5.06 Å². The number of rotatable bonds is 13. The number of carbonyl (C=O) groups is 4. The van der Waals surface area contributed by atoms with Crippen LogP contribution in [0.2, 0.25) is 0 Å². The van der Waals surface area contributed by atoms with Crippen LogP contribution in [0.1, 0.15) is 185 Å². The molecule has 6 aromatic rings. The maximum atomic E-state index is 13.0. The SMILES string of the molecule is CN1/C(=C/C=C2\CCC3CCC(/C=C/C4=Nc5ccc(C(=O)O)cc5C4(C)C)=C4C3=C2c2ccccc24)C(C)(C)c2cc(NS(=O)(=O)O)ccc21.CN1/C(=C/C=C2\CCC3CCC(/C=C/C4=Nc5ccc(C(=O)ON6C(=O)CCC6=O)cc5C4(C)C)=C4C3=C2c2ccccc24)C(C)(C)c2cc(NS(=O)(=O)O)ccc21. The Labute approximate surface area is 635 Å². The largest absolute Gasteiger partial charge is 0.478 e. The molecule has 6 aromatic carbocycles. The number of aliphatic imine (C=N–C) groups is 2. The van der Waals surface area contributed by atoms with Crippen LogP contribution in [0.15, 0.2) is 225 Å². The van der Waals surface area contributed by atoms with Crippen LogP contribution in [-0.4, -0.2) is 85.4 Å². The lowest BCUT2D eigenvalue weighted by Crippen LogP contribution is -2.32. The Kier molecular flexibility index (Phi) is 17.4. The molecule has 17 rings (SSSR count). The Hall–Kier alpha value is -10.8. The summed E-state index contributed by atoms with van der Waals surface area (Å²) in [6, 6.07) is 38.5. The number of allylic oxidation sites excluding steroid dienone is 20. The van der Waals surface area contributed by atoms with E-state index in [1.165, 1.54) is 78.0 Å². The summed E-state index contributed by atoms with van der Waals surface area (Å²) >= 11 is 0. The zero-order valence-corrected chi connectivity index (χ0v) is 64.1. The van der Waals surface area contributed by atoms with E-state index < -0.39 is 66.0 Å². The summed E-state index contributed by atoms with van der Waals surface area (Å²) in [6.07, 6.45) is 26.0. The molecule has 0 spiro atoms. The molecule has 6 aliphatic carbocycles. The highest BCUT2D eigenvalue weighted by Gasteiger charge is 2.46. The third-order valence-electron chi connectivity index (χ3n) is 24.3. The molecule has 0 bridgehead atoms. The minimum Gasteiger partial charge on any atom is -0.478 e. The second kappa shape index (κ2) is 26.2. The summed E-state index contributed by atoms with van der Waals surface area (Å²) in [6.45, 7) is 16.9. The minimum absolute atomic E-state index is 0.0320. The number of hydroxylamine groups is 2. The second-order valence-electron chi connectivity index (χ2n) is 32.1. The van der Waals surface area contributed by atoms with Crippen LogP contribution in [0, 0.1) is 11.8 Å². The first-order chi connectivity index (χ1) is 51.7. The topological polar surface area (TPSA) is 265 Å². The quantitative estimate of drug-likeness (QED) is 0.0532. The van der Waals surface area contributed by atoms with Gasteiger partial charge in [-0.15, -0.1) is 5.06 Å². The summed E-state index contributed by atoms with van der Waals surface area (Å²) in [4.78, 5) is 68.3. The number of hydrogen-bond donors (Lipinski definition) is 5. The molecule has 2 atom stereocenters. The number of carboxylic acid groups (broad SMARTS) is 1. The number of nitrogens with one attached hydrogen (secondary N) is 2. The van der Waals surface area contributed by atoms with E-state index in [1.54, 1.807) is 54.6 Å². The minimum atomic E-state index is -4.40. The van der Waals surface area contributed by atoms with Gasteiger partial charge in [0.05, 0.1) is 45.3 Å². The van der Waals surface area contributed by atoms with Crippen LogP contribution in [-0.2, 0) is 56.7 Å². The lowest BCUT2D eigenvalue weighted by molar-refractivity contribution is -0.172. The molecule has 0 radical (unpaired) electrons. The lowest BCUT2D eigenvalue weighted by atomic mass is 9.72. The highest BCUT2D eigenvalue weighted by molar-refractivity contribution is 7.87. The van der Waals surface area contributed by atoms with Crippen LogP contribution in [0.4, 0.5) is 34.1 Å². The number of likely N-dealkylation sites (N-methyl/N-ethyl adjacent to an activating group) is 2. The van der Waals surface area contributed by atoms with Gasteiger partial charge in [0, 0.05) is 71.4 Å². The van der Waals surface area contributed by atoms with Crippen molar-refractivity contribution in [3.05, 3.63) is 270 Å². The van der Waals surface area contributed by atoms with Gasteiger partial charge in [0.2, 0.25) is 0 Å². The molecule has 21 heteroatoms. The third kappa shape index (κ3) is 12.4. The molecule has 5 heterocycles. The zero-order chi connectivity index (χ0) is 76.9. The summed E-state index contributed by atoms with van der Waals surface area (Å²) in [5.74, 6) is -1.78. The van der Waals surface area contributed by atoms with Crippen molar-refractivity contribution in [1.29, 1.82) is 0 Å². The molecule has 0 aromatic heterocycles. The monoisotopic (exact) mass is 1500 g/mol. The number of carboxylic acids is 1. The third-order valence-corrected chi connectivity index (χ3v) is 25.2. The average molecular weight is 1500 g/mol. The molecule has 5 N–H and O–H groups in total. The van der Waals surface area contributed by atoms with E-state index in [4.69, 9.17) is 14.8 Å². The highest BCUT2D eigenvalue weighted by Crippen LogP contribution is 2.60. The van der Waals surface area contributed by atoms with Gasteiger partial charge in [-0.1, -0.05) is 128 Å². The molecule has 11 aliphatic rings. The van der Waals surface area contributed by atoms with E-state index in [-0.39, 0.29) is 24.0 Å². The molecule has 1 saturated heterocycles. The average Bonchev–Trinajstić information content (AvgIpc) is 1.58. The van der Waals surface area contributed by atoms with Crippen molar-refractivity contribution in [3.8, 4) is 0 Å². The number of benzene rings is 6. The number of aromatic carboxylic acids is 1. The molecule has 556 valence electrons. The van der Waals surface area contributed by atoms with Crippen LogP contribution >= 0.6 is 0 Å². The van der Waals surface area contributed by atoms with Gasteiger partial charge in [-0.25, -0.2) is 9.59 Å². The lowest BCUT2D eigenvalue weighted by Gasteiger charge is -2.32. The first kappa shape index (κ1) is 72.4. The van der Waals surface area contributed by atoms with E-state index in [2.05, 4.69) is 172 Å². The first-order valence-corrected chi connectivity index (χ1v) is 40.0. The summed E-state index contributed by atoms with van der Waals surface area (Å²) in [5.41, 5.74) is 29.1. The molecule has 19 nitrogen and oxygen atoms in total. The maximum absolute atomic E-state index is 13.0. The molecule has 0 saturated carbocycles. The van der Waals surface area contributed by atoms with Crippen LogP contribution in [0.25, 0.3) is 22.3 Å². The fourth-order valence-corrected chi connectivity index (χ4v) is 19.5. The standard InChI is InChI=1S/C46H44N4O7S.C42H41N3O5S/c1-45(2)33-24-29(44(53)57-50-39(51)22-23-40(50)52)14-18-35(33)47-37(45)20-15-26-10-12-28-13-11-27(42-32-9-7-6-8-31(32)41(26)43(28)42)16-21-38-46(3,4)34-25-30(48-58(54,55)56)17-19-36(34)49(38)5;1-41(2)31-22-27(40(46)47)14-18-33(31)43-35(41)20-15-24-10-12-26-13-11-25(38-30-9-7-6-8-29(30)37(24)39(26)38)16-21-36-42(3,4)32-23-28(44-51(48,49)50)17-19-34(32)45(36)5/h6-9,14-21,24-25,28,48H,10-13,22-23H2,1-5H3,(H,54,55,56);6-9,14-23,26,44H,10-13H2,1-5H3,(H,46,47)(H,48,49,50)/b20-15+,27-16+,38-21+;20-15+,25-16+,36-21+. The van der Waals surface area contributed by atoms with Crippen LogP contribution in [0.5, 0.6) is 0 Å². The van der Waals surface area contributed by atoms with Crippen molar-refractivity contribution < 1.29 is 55.1 Å². The summed E-state index contributed by atoms with van der Waals surface area (Å²) in [5, 5.41) is 10.2. The molecule has 5 aliphatic heterocycles. The molecule has 2 amide bonds. The summed E-state index contributed by atoms with van der Waals surface area (Å²) in [7, 11) is -4.71. The Balaban J connectivity index is 0.000000167. The number of anilines is 4. The van der Waals surface area contributed by atoms with Crippen molar-refractivity contribution in [2.45, 2.75) is 141 Å². The second-order valence-corrected chi connectivity index (χ2v) is 34.4. The van der Waals surface area contributed by atoms with Crippen LogP contribution < -0.4 is 19.2 Å². The highest BCUT2D eigenvalue weighted by atomic mass is 32.2. The molecule has 1 fully saturated rings. The van der Waals surface area contributed by atoms with E-state index in [9.17, 15) is 50.2 Å². The summed E-state index contributed by atoms with van der Waals surface area (Å²) < 4.78 is 69.3. The molecule has 109 heavy (non-hydrogen) atoms. The number of hydrogen-bond acceptors (Lipinski definition) is 13. The maximum Gasteiger partial charge on any atom is 0.363 e. The van der Waals surface area contributed by atoms with Crippen molar-refractivity contribution >= 4 is 112 Å². The number of imide groups is 1. The molecular weight excluding hydrogens is 1410 g/mol. The molecular formula is C88H85N7O12S2. The van der Waals surface area contributed by atoms with Gasteiger partial charge >= 0.3 is 32.5 Å². The first-order valence-electron chi connectivity index (χ1n) is 37.1. The Morgan fingerprint density at radius 1 is 0.477 bits per heavy atom. The number of amides is 2. The van der Waals surface area contributed by atoms with Crippen molar-refractivity contribution in [2.24, 2.45) is 21.8 Å². The van der Waals surface area contributed by atoms with Gasteiger partial charge in [-0.3, -0.25) is 38.1 Å². The number of carbonyl (C=O) groups excluding carboxylic acids is 3. The normalized spacial score (nSPS) is 22.8. The van der Waals surface area contributed by atoms with E-state index in [0.717, 1.165) is 119 Å². The predicted octanol–water partition coefficient (Wildman–Crippen LogP) is 17.9. The van der Waals surface area contributed by atoms with Gasteiger partial charge in [0.15, 0.2) is 0 Å². The zero-order valence-electron chi connectivity index (χ0n) is 62.5. The van der Waals surface area contributed by atoms with Gasteiger partial charge in [-0.2, -0.15) is 16.8 Å². The fourth-order valence-electron chi connectivity index (χ4n) is 18.7. The van der Waals surface area contributed by atoms with Gasteiger partial charge in [0.25, 0.3) is 11.8 Å². The Bertz CT molecular complexity index is 5750. The van der Waals surface area contributed by atoms with Gasteiger partial charge < -0.3 is 19.7 Å². The van der Waals surface area contributed by atoms with E-state index >= 15 is 0 Å². The van der Waals surface area contributed by atoms with E-state index in [1.807, 2.05) is 32.3 Å². The van der Waals surface area contributed by atoms with Gasteiger partial charge in [-0.05, 0) is 261 Å².